The number of benzene rings is 2. The summed E-state index contributed by atoms with van der Waals surface area (Å²) in [6.07, 6.45) is 1.97. The van der Waals surface area contributed by atoms with Gasteiger partial charge in [0, 0.05) is 26.8 Å². The quantitative estimate of drug-likeness (QED) is 0.358. The Labute approximate surface area is 171 Å². The summed E-state index contributed by atoms with van der Waals surface area (Å²) < 4.78 is 1.88. The van der Waals surface area contributed by atoms with E-state index in [9.17, 15) is 0 Å². The average molecular weight is 461 g/mol. The monoisotopic (exact) mass is 461 g/mol. The van der Waals surface area contributed by atoms with Crippen LogP contribution in [0.4, 0.5) is 0 Å². The van der Waals surface area contributed by atoms with E-state index >= 15 is 0 Å². The molecule has 0 fully saturated rings. The Morgan fingerprint density at radius 2 is 1.69 bits per heavy atom. The molecule has 136 valence electrons. The number of aliphatic imine (C=N–C) groups is 1. The molecule has 26 heavy (non-hydrogen) atoms. The summed E-state index contributed by atoms with van der Waals surface area (Å²) in [5.41, 5.74) is 3.28. The Hall–Kier alpha value is -2.35. The molecule has 0 aliphatic carbocycles. The predicted molar refractivity (Wildman–Crippen MR) is 117 cm³/mol. The van der Waals surface area contributed by atoms with Crippen molar-refractivity contribution in [2.75, 3.05) is 14.1 Å². The van der Waals surface area contributed by atoms with Crippen LogP contribution in [0.25, 0.3) is 5.69 Å². The smallest absolute Gasteiger partial charge is 0.194 e. The van der Waals surface area contributed by atoms with Gasteiger partial charge >= 0.3 is 0 Å². The second-order valence-corrected chi connectivity index (χ2v) is 5.83. The van der Waals surface area contributed by atoms with Gasteiger partial charge in [0.05, 0.1) is 17.9 Å². The van der Waals surface area contributed by atoms with Crippen molar-refractivity contribution < 1.29 is 0 Å². The van der Waals surface area contributed by atoms with E-state index in [0.29, 0.717) is 6.54 Å². The zero-order chi connectivity index (χ0) is 17.5. The van der Waals surface area contributed by atoms with Gasteiger partial charge in [0.25, 0.3) is 0 Å². The minimum Gasteiger partial charge on any atom is -0.351 e. The van der Waals surface area contributed by atoms with Crippen molar-refractivity contribution in [3.05, 3.63) is 84.2 Å². The number of nitrogens with zero attached hydrogens (tertiary/aromatic N) is 4. The number of aromatic nitrogens is 2. The molecule has 1 heterocycles. The normalized spacial score (nSPS) is 10.9. The minimum absolute atomic E-state index is 0. The van der Waals surface area contributed by atoms with Gasteiger partial charge in [0.15, 0.2) is 5.96 Å². The zero-order valence-corrected chi connectivity index (χ0v) is 17.4. The number of para-hydroxylation sites is 1. The van der Waals surface area contributed by atoms with E-state index in [1.54, 1.807) is 7.05 Å². The van der Waals surface area contributed by atoms with Crippen molar-refractivity contribution >= 4 is 29.9 Å². The zero-order valence-electron chi connectivity index (χ0n) is 15.0. The second-order valence-electron chi connectivity index (χ2n) is 5.83. The van der Waals surface area contributed by atoms with E-state index in [0.717, 1.165) is 23.9 Å². The molecule has 6 heteroatoms. The first-order valence-electron chi connectivity index (χ1n) is 8.32. The highest BCUT2D eigenvalue weighted by atomic mass is 127. The van der Waals surface area contributed by atoms with Gasteiger partial charge in [0.2, 0.25) is 0 Å². The van der Waals surface area contributed by atoms with Crippen molar-refractivity contribution in [2.24, 2.45) is 4.99 Å². The molecule has 5 nitrogen and oxygen atoms in total. The molecule has 0 atom stereocenters. The van der Waals surface area contributed by atoms with Crippen LogP contribution in [0.15, 0.2) is 77.9 Å². The Bertz CT molecular complexity index is 814. The van der Waals surface area contributed by atoms with E-state index in [4.69, 9.17) is 0 Å². The lowest BCUT2D eigenvalue weighted by Crippen LogP contribution is -2.38. The highest BCUT2D eigenvalue weighted by Crippen LogP contribution is 2.07. The van der Waals surface area contributed by atoms with Gasteiger partial charge in [-0.15, -0.1) is 24.0 Å². The Morgan fingerprint density at radius 3 is 2.35 bits per heavy atom. The maximum absolute atomic E-state index is 4.61. The topological polar surface area (TPSA) is 45.5 Å². The molecular formula is C20H24IN5. The molecule has 0 bridgehead atoms. The summed E-state index contributed by atoms with van der Waals surface area (Å²) in [7, 11) is 3.83. The Kier molecular flexibility index (Phi) is 7.65. The maximum Gasteiger partial charge on any atom is 0.194 e. The van der Waals surface area contributed by atoms with Crippen LogP contribution in [-0.2, 0) is 13.1 Å². The fraction of sp³-hybridized carbons (Fsp3) is 0.200. The van der Waals surface area contributed by atoms with Gasteiger partial charge in [-0.05, 0) is 23.8 Å². The van der Waals surface area contributed by atoms with Crippen molar-refractivity contribution in [2.45, 2.75) is 13.1 Å². The summed E-state index contributed by atoms with van der Waals surface area (Å²) in [4.78, 5) is 6.46. The van der Waals surface area contributed by atoms with Crippen molar-refractivity contribution in [1.82, 2.24) is 20.0 Å². The van der Waals surface area contributed by atoms with Crippen LogP contribution in [-0.4, -0.2) is 34.7 Å². The Morgan fingerprint density at radius 1 is 1.04 bits per heavy atom. The van der Waals surface area contributed by atoms with Gasteiger partial charge < -0.3 is 10.2 Å². The van der Waals surface area contributed by atoms with E-state index in [1.165, 1.54) is 5.56 Å². The number of guanidine groups is 1. The highest BCUT2D eigenvalue weighted by molar-refractivity contribution is 14.0. The van der Waals surface area contributed by atoms with E-state index < -0.39 is 0 Å². The molecular weight excluding hydrogens is 437 g/mol. The van der Waals surface area contributed by atoms with Crippen LogP contribution in [0.3, 0.4) is 0 Å². The molecule has 0 radical (unpaired) electrons. The van der Waals surface area contributed by atoms with Gasteiger partial charge in [0.1, 0.15) is 0 Å². The fourth-order valence-electron chi connectivity index (χ4n) is 2.67. The van der Waals surface area contributed by atoms with Crippen molar-refractivity contribution in [3.8, 4) is 5.69 Å². The number of rotatable bonds is 5. The number of nitrogens with one attached hydrogen (secondary N) is 1. The van der Waals surface area contributed by atoms with Crippen LogP contribution in [0.2, 0.25) is 0 Å². The van der Waals surface area contributed by atoms with Crippen LogP contribution < -0.4 is 5.32 Å². The first kappa shape index (κ1) is 20.0. The molecule has 1 N–H and O–H groups in total. The molecule has 0 aliphatic heterocycles. The lowest BCUT2D eigenvalue weighted by molar-refractivity contribution is 0.476. The van der Waals surface area contributed by atoms with E-state index in [1.807, 2.05) is 60.4 Å². The molecule has 0 amide bonds. The van der Waals surface area contributed by atoms with Gasteiger partial charge in [-0.1, -0.05) is 48.5 Å². The third-order valence-corrected chi connectivity index (χ3v) is 3.93. The minimum atomic E-state index is 0. The van der Waals surface area contributed by atoms with Gasteiger partial charge in [-0.25, -0.2) is 4.68 Å². The lowest BCUT2D eigenvalue weighted by Gasteiger charge is -2.21. The Balaban J connectivity index is 0.00000243. The third-order valence-electron chi connectivity index (χ3n) is 3.93. The molecule has 0 aliphatic rings. The SMILES string of the molecule is CN=C(NCc1ccn(-c2ccccc2)n1)N(C)Cc1ccccc1.I. The predicted octanol–water partition coefficient (Wildman–Crippen LogP) is 3.70. The largest absolute Gasteiger partial charge is 0.351 e. The summed E-state index contributed by atoms with van der Waals surface area (Å²) in [5.74, 6) is 0.845. The number of hydrogen-bond acceptors (Lipinski definition) is 2. The van der Waals surface area contributed by atoms with E-state index in [-0.39, 0.29) is 24.0 Å². The molecule has 2 aromatic carbocycles. The maximum atomic E-state index is 4.61. The first-order valence-corrected chi connectivity index (χ1v) is 8.32. The lowest BCUT2D eigenvalue weighted by atomic mass is 10.2. The van der Waals surface area contributed by atoms with Crippen molar-refractivity contribution in [3.63, 3.8) is 0 Å². The molecule has 3 aromatic rings. The average Bonchev–Trinajstić information content (AvgIpc) is 3.13. The standard InChI is InChI=1S/C20H23N5.HI/c1-21-20(24(2)16-17-9-5-3-6-10-17)22-15-18-13-14-25(23-18)19-11-7-4-8-12-19;/h3-14H,15-16H2,1-2H3,(H,21,22);1H. The first-order chi connectivity index (χ1) is 12.3. The summed E-state index contributed by atoms with van der Waals surface area (Å²) in [6, 6.07) is 22.5. The summed E-state index contributed by atoms with van der Waals surface area (Å²) in [5, 5.41) is 7.98. The van der Waals surface area contributed by atoms with Crippen LogP contribution >= 0.6 is 24.0 Å². The number of hydrogen-bond donors (Lipinski definition) is 1. The van der Waals surface area contributed by atoms with Gasteiger partial charge in [-0.2, -0.15) is 5.10 Å². The van der Waals surface area contributed by atoms with Crippen LogP contribution in [0, 0.1) is 0 Å². The molecule has 3 rings (SSSR count). The molecule has 0 unspecified atom stereocenters. The molecule has 1 aromatic heterocycles. The van der Waals surface area contributed by atoms with E-state index in [2.05, 4.69) is 44.6 Å². The molecule has 0 spiro atoms. The molecule has 0 saturated heterocycles. The molecule has 0 saturated carbocycles. The van der Waals surface area contributed by atoms with Crippen LogP contribution in [0.5, 0.6) is 0 Å². The number of halogens is 1. The third kappa shape index (κ3) is 5.32. The van der Waals surface area contributed by atoms with Crippen molar-refractivity contribution in [1.29, 1.82) is 0 Å². The van der Waals surface area contributed by atoms with Gasteiger partial charge in [-0.3, -0.25) is 4.99 Å². The second kappa shape index (κ2) is 9.96. The highest BCUT2D eigenvalue weighted by Gasteiger charge is 2.08. The fourth-order valence-corrected chi connectivity index (χ4v) is 2.67. The van der Waals surface area contributed by atoms with Crippen LogP contribution in [0.1, 0.15) is 11.3 Å². The summed E-state index contributed by atoms with van der Waals surface area (Å²) >= 11 is 0. The summed E-state index contributed by atoms with van der Waals surface area (Å²) in [6.45, 7) is 1.44.